The molecule has 4 bridgehead atoms. The second-order valence-corrected chi connectivity index (χ2v) is 17.2. The van der Waals surface area contributed by atoms with Gasteiger partial charge in [0.25, 0.3) is 5.91 Å². The highest BCUT2D eigenvalue weighted by molar-refractivity contribution is 6.00. The first-order chi connectivity index (χ1) is 33.3. The Bertz CT molecular complexity index is 2500. The minimum atomic E-state index is -1.41. The SMILES string of the molecule is Cc1nc(-c2ccc(OC3CCCCC3)cc2)nc(C)c1C(=O)NC(CCN)C(=O)N(C)[C@@H]1C(=O)N[C@@H](C)C(=O)N[C@H](C(=O)NCC#N)Cc2ccc(OCCN)c(c2)-c2cc1ccc2OCCN. The van der Waals surface area contributed by atoms with Gasteiger partial charge in [0, 0.05) is 43.2 Å². The summed E-state index contributed by atoms with van der Waals surface area (Å²) in [4.78, 5) is 81.2. The van der Waals surface area contributed by atoms with Crippen LogP contribution in [0.15, 0.2) is 60.7 Å². The molecule has 4 atom stereocenters. The van der Waals surface area contributed by atoms with Gasteiger partial charge in [-0.05, 0) is 119 Å². The molecule has 69 heavy (non-hydrogen) atoms. The third-order valence-electron chi connectivity index (χ3n) is 12.1. The quantitative estimate of drug-likeness (QED) is 0.0750. The number of carbonyl (C=O) groups excluding carboxylic acids is 5. The Kier molecular flexibility index (Phi) is 18.0. The smallest absolute Gasteiger partial charge is 0.255 e. The van der Waals surface area contributed by atoms with Crippen molar-refractivity contribution in [2.45, 2.75) is 96.0 Å². The molecule has 1 aliphatic carbocycles. The summed E-state index contributed by atoms with van der Waals surface area (Å²) in [5.41, 5.74) is 21.3. The number of hydrogen-bond donors (Lipinski definition) is 7. The van der Waals surface area contributed by atoms with Gasteiger partial charge in [-0.3, -0.25) is 24.0 Å². The van der Waals surface area contributed by atoms with E-state index in [2.05, 4.69) is 31.2 Å². The van der Waals surface area contributed by atoms with Gasteiger partial charge in [-0.1, -0.05) is 18.6 Å². The van der Waals surface area contributed by atoms with Crippen LogP contribution in [0.4, 0.5) is 0 Å². The van der Waals surface area contributed by atoms with E-state index in [1.54, 1.807) is 50.2 Å². The number of nitrogens with one attached hydrogen (secondary N) is 4. The predicted molar refractivity (Wildman–Crippen MR) is 258 cm³/mol. The van der Waals surface area contributed by atoms with Crippen LogP contribution in [0.1, 0.15) is 84.4 Å². The highest BCUT2D eigenvalue weighted by atomic mass is 16.5. The van der Waals surface area contributed by atoms with Crippen molar-refractivity contribution in [1.82, 2.24) is 36.1 Å². The molecule has 2 heterocycles. The zero-order chi connectivity index (χ0) is 49.6. The minimum absolute atomic E-state index is 0.000106. The van der Waals surface area contributed by atoms with Crippen LogP contribution in [0.25, 0.3) is 22.5 Å². The summed E-state index contributed by atoms with van der Waals surface area (Å²) in [6.45, 7) is 5.18. The Morgan fingerprint density at radius 3 is 2.12 bits per heavy atom. The molecular formula is C50H63N11O8. The van der Waals surface area contributed by atoms with E-state index in [-0.39, 0.29) is 63.9 Å². The lowest BCUT2D eigenvalue weighted by Gasteiger charge is -2.32. The molecular weight excluding hydrogens is 883 g/mol. The number of amides is 5. The summed E-state index contributed by atoms with van der Waals surface area (Å²) in [5, 5.41) is 20.0. The van der Waals surface area contributed by atoms with Gasteiger partial charge < -0.3 is 57.6 Å². The van der Waals surface area contributed by atoms with E-state index >= 15 is 0 Å². The van der Waals surface area contributed by atoms with Crippen molar-refractivity contribution in [1.29, 1.82) is 5.26 Å². The molecule has 0 spiro atoms. The molecule has 6 rings (SSSR count). The highest BCUT2D eigenvalue weighted by Gasteiger charge is 2.36. The number of likely N-dealkylation sites (N-methyl/N-ethyl adjacent to an activating group) is 1. The molecule has 5 amide bonds. The number of ether oxygens (including phenoxy) is 3. The van der Waals surface area contributed by atoms with Gasteiger partial charge in [0.1, 0.15) is 61.2 Å². The number of rotatable bonds is 17. The largest absolute Gasteiger partial charge is 0.492 e. The van der Waals surface area contributed by atoms with Crippen molar-refractivity contribution < 1.29 is 38.2 Å². The first-order valence-electron chi connectivity index (χ1n) is 23.3. The van der Waals surface area contributed by atoms with E-state index in [0.29, 0.717) is 51.0 Å². The zero-order valence-electron chi connectivity index (χ0n) is 39.6. The molecule has 19 nitrogen and oxygen atoms in total. The number of nitriles is 1. The average Bonchev–Trinajstić information content (AvgIpc) is 3.34. The third-order valence-corrected chi connectivity index (χ3v) is 12.1. The minimum Gasteiger partial charge on any atom is -0.492 e. The van der Waals surface area contributed by atoms with Crippen LogP contribution in [0, 0.1) is 25.2 Å². The predicted octanol–water partition coefficient (Wildman–Crippen LogP) is 2.65. The molecule has 1 saturated carbocycles. The molecule has 2 aliphatic rings. The summed E-state index contributed by atoms with van der Waals surface area (Å²) >= 11 is 0. The number of nitrogens with two attached hydrogens (primary N) is 3. The maximum atomic E-state index is 14.8. The van der Waals surface area contributed by atoms with E-state index in [9.17, 15) is 29.2 Å². The number of hydrogen-bond acceptors (Lipinski definition) is 14. The Labute approximate surface area is 402 Å². The van der Waals surface area contributed by atoms with Gasteiger partial charge in [0.2, 0.25) is 23.6 Å². The third kappa shape index (κ3) is 12.9. The first-order valence-corrected chi connectivity index (χ1v) is 23.3. The lowest BCUT2D eigenvalue weighted by atomic mass is 9.93. The van der Waals surface area contributed by atoms with Gasteiger partial charge >= 0.3 is 0 Å². The molecule has 366 valence electrons. The summed E-state index contributed by atoms with van der Waals surface area (Å²) in [7, 11) is 1.42. The van der Waals surface area contributed by atoms with Gasteiger partial charge in [0.15, 0.2) is 5.82 Å². The molecule has 1 fully saturated rings. The van der Waals surface area contributed by atoms with E-state index in [1.165, 1.54) is 25.3 Å². The van der Waals surface area contributed by atoms with Crippen molar-refractivity contribution in [2.24, 2.45) is 17.2 Å². The molecule has 10 N–H and O–H groups in total. The standard InChI is InChI=1S/C50H63N11O8/c1-29-43(30(2)57-45(56-29)33-11-14-36(15-12-33)69-35-8-6-5-7-9-35)48(64)59-39(18-19-51)50(66)61(4)44-34-13-17-42(68-25-22-54)38(28-34)37-26-32(10-16-41(37)67-24-21-53)27-40(47(63)55-23-20-52)60-46(62)31(3)58-49(44)65/h10-17,26,28,31,35,39-40,44H,5-9,18-19,21-25,27,51,53-54H2,1-4H3,(H,55,63)(H,58,65)(H,59,64)(H,60,62)/t31-,39?,40-,44-/m0/s1. The lowest BCUT2D eigenvalue weighted by molar-refractivity contribution is -0.141. The second kappa shape index (κ2) is 24.2. The molecule has 0 radical (unpaired) electrons. The molecule has 4 aromatic rings. The number of aryl methyl sites for hydroxylation is 2. The monoisotopic (exact) mass is 945 g/mol. The van der Waals surface area contributed by atoms with Crippen molar-refractivity contribution >= 4 is 29.5 Å². The van der Waals surface area contributed by atoms with Gasteiger partial charge in [-0.15, -0.1) is 0 Å². The van der Waals surface area contributed by atoms with Crippen LogP contribution in [0.2, 0.25) is 0 Å². The lowest BCUT2D eigenvalue weighted by Crippen LogP contribution is -2.56. The summed E-state index contributed by atoms with van der Waals surface area (Å²) < 4.78 is 18.4. The number of nitrogens with zero attached hydrogens (tertiary/aromatic N) is 4. The number of carbonyl (C=O) groups is 5. The Morgan fingerprint density at radius 1 is 0.855 bits per heavy atom. The molecule has 1 unspecified atom stereocenters. The van der Waals surface area contributed by atoms with Crippen LogP contribution in [0.5, 0.6) is 17.2 Å². The normalized spacial score (nSPS) is 17.7. The molecule has 1 aliphatic heterocycles. The Balaban J connectivity index is 1.34. The second-order valence-electron chi connectivity index (χ2n) is 17.2. The molecule has 0 saturated heterocycles. The Morgan fingerprint density at radius 2 is 1.49 bits per heavy atom. The van der Waals surface area contributed by atoms with E-state index in [4.69, 9.17) is 31.4 Å². The van der Waals surface area contributed by atoms with E-state index in [0.717, 1.165) is 37.0 Å². The summed E-state index contributed by atoms with van der Waals surface area (Å²) in [6, 6.07) is 14.6. The molecule has 1 aromatic heterocycles. The van der Waals surface area contributed by atoms with Crippen LogP contribution >= 0.6 is 0 Å². The fourth-order valence-corrected chi connectivity index (χ4v) is 8.59. The zero-order valence-corrected chi connectivity index (χ0v) is 39.6. The number of aromatic nitrogens is 2. The Hall–Kier alpha value is -7.14. The molecule has 19 heteroatoms. The van der Waals surface area contributed by atoms with E-state index < -0.39 is 53.7 Å². The van der Waals surface area contributed by atoms with Gasteiger partial charge in [-0.25, -0.2) is 9.97 Å². The highest BCUT2D eigenvalue weighted by Crippen LogP contribution is 2.40. The van der Waals surface area contributed by atoms with Crippen LogP contribution in [-0.4, -0.2) is 115 Å². The maximum Gasteiger partial charge on any atom is 0.255 e. The van der Waals surface area contributed by atoms with E-state index in [1.807, 2.05) is 30.3 Å². The topological polar surface area (TPSA) is 292 Å². The van der Waals surface area contributed by atoms with Crippen LogP contribution in [0.3, 0.4) is 0 Å². The van der Waals surface area contributed by atoms with Crippen LogP contribution in [-0.2, 0) is 25.6 Å². The van der Waals surface area contributed by atoms with Gasteiger partial charge in [0.05, 0.1) is 29.1 Å². The van der Waals surface area contributed by atoms with Crippen molar-refractivity contribution in [3.05, 3.63) is 88.7 Å². The summed E-state index contributed by atoms with van der Waals surface area (Å²) in [6.07, 6.45) is 5.83. The number of benzene rings is 3. The van der Waals surface area contributed by atoms with Crippen molar-refractivity contribution in [3.8, 4) is 45.8 Å². The fraction of sp³-hybridized carbons (Fsp3) is 0.440. The average molecular weight is 946 g/mol. The van der Waals surface area contributed by atoms with Gasteiger partial charge in [-0.2, -0.15) is 5.26 Å². The fourth-order valence-electron chi connectivity index (χ4n) is 8.59. The molecule has 3 aromatic carbocycles. The first kappa shape index (κ1) is 51.3. The maximum absolute atomic E-state index is 14.8. The van der Waals surface area contributed by atoms with Crippen LogP contribution < -0.4 is 52.7 Å². The van der Waals surface area contributed by atoms with Crippen molar-refractivity contribution in [2.75, 3.05) is 46.4 Å². The van der Waals surface area contributed by atoms with Crippen molar-refractivity contribution in [3.63, 3.8) is 0 Å². The number of fused-ring (bicyclic) bond motifs is 5. The summed E-state index contributed by atoms with van der Waals surface area (Å²) in [5.74, 6) is -1.40.